The van der Waals surface area contributed by atoms with E-state index in [1.807, 2.05) is 11.8 Å². The summed E-state index contributed by atoms with van der Waals surface area (Å²) in [4.78, 5) is 4.23. The van der Waals surface area contributed by atoms with Crippen molar-refractivity contribution in [2.75, 3.05) is 38.8 Å². The number of ether oxygens (including phenoxy) is 2. The second kappa shape index (κ2) is 13.7. The van der Waals surface area contributed by atoms with Crippen LogP contribution in [-0.4, -0.2) is 50.9 Å². The number of hydrogen-bond donors (Lipinski definition) is 2. The van der Waals surface area contributed by atoms with E-state index in [0.29, 0.717) is 12.7 Å². The number of guanidine groups is 1. The smallest absolute Gasteiger partial charge is 0.191 e. The van der Waals surface area contributed by atoms with E-state index in [4.69, 9.17) is 9.47 Å². The van der Waals surface area contributed by atoms with Gasteiger partial charge in [-0.3, -0.25) is 4.99 Å². The van der Waals surface area contributed by atoms with Crippen LogP contribution in [0.5, 0.6) is 0 Å². The van der Waals surface area contributed by atoms with E-state index in [1.165, 1.54) is 11.1 Å². The van der Waals surface area contributed by atoms with Crippen LogP contribution in [0.1, 0.15) is 24.0 Å². The van der Waals surface area contributed by atoms with Gasteiger partial charge in [-0.1, -0.05) is 24.3 Å². The average molecular weight is 479 g/mol. The Balaban J connectivity index is 0.00000312. The lowest BCUT2D eigenvalue weighted by atomic mass is 10.1. The van der Waals surface area contributed by atoms with Crippen LogP contribution in [0.15, 0.2) is 29.3 Å². The van der Waals surface area contributed by atoms with Gasteiger partial charge in [0.1, 0.15) is 0 Å². The molecule has 0 unspecified atom stereocenters. The van der Waals surface area contributed by atoms with Crippen LogP contribution in [0.4, 0.5) is 0 Å². The molecule has 1 aliphatic rings. The first-order valence-electron chi connectivity index (χ1n) is 8.52. The van der Waals surface area contributed by atoms with E-state index >= 15 is 0 Å². The van der Waals surface area contributed by atoms with Crippen molar-refractivity contribution in [3.63, 3.8) is 0 Å². The topological polar surface area (TPSA) is 54.9 Å². The van der Waals surface area contributed by atoms with E-state index in [0.717, 1.165) is 50.9 Å². The molecule has 1 aliphatic heterocycles. The Hall–Kier alpha value is -0.510. The van der Waals surface area contributed by atoms with Gasteiger partial charge in [0.25, 0.3) is 0 Å². The molecule has 2 rings (SSSR count). The van der Waals surface area contributed by atoms with Gasteiger partial charge in [0.05, 0.1) is 12.7 Å². The molecule has 142 valence electrons. The summed E-state index contributed by atoms with van der Waals surface area (Å²) in [6.07, 6.45) is 4.45. The van der Waals surface area contributed by atoms with Gasteiger partial charge < -0.3 is 20.1 Å². The van der Waals surface area contributed by atoms with Crippen LogP contribution in [0, 0.1) is 0 Å². The highest BCUT2D eigenvalue weighted by molar-refractivity contribution is 14.0. The van der Waals surface area contributed by atoms with Crippen LogP contribution >= 0.6 is 35.7 Å². The first-order valence-corrected chi connectivity index (χ1v) is 9.92. The zero-order chi connectivity index (χ0) is 17.0. The van der Waals surface area contributed by atoms with E-state index in [2.05, 4.69) is 46.1 Å². The minimum atomic E-state index is 0. The van der Waals surface area contributed by atoms with Gasteiger partial charge in [-0.05, 0) is 30.2 Å². The summed E-state index contributed by atoms with van der Waals surface area (Å²) in [7, 11) is 1.80. The molecule has 25 heavy (non-hydrogen) atoms. The molecule has 0 bridgehead atoms. The molecule has 0 saturated carbocycles. The lowest BCUT2D eigenvalue weighted by Crippen LogP contribution is -2.37. The van der Waals surface area contributed by atoms with Crippen LogP contribution in [0.3, 0.4) is 0 Å². The third kappa shape index (κ3) is 9.12. The summed E-state index contributed by atoms with van der Waals surface area (Å²) in [5.74, 6) is 1.92. The number of nitrogens with one attached hydrogen (secondary N) is 2. The predicted molar refractivity (Wildman–Crippen MR) is 117 cm³/mol. The molecule has 0 spiro atoms. The maximum absolute atomic E-state index is 5.95. The molecule has 0 amide bonds. The number of rotatable bonds is 8. The minimum Gasteiger partial charge on any atom is -0.381 e. The molecule has 0 aliphatic carbocycles. The quantitative estimate of drug-likeness (QED) is 0.260. The number of aliphatic imine (C=N–C) groups is 1. The predicted octanol–water partition coefficient (Wildman–Crippen LogP) is 3.03. The monoisotopic (exact) mass is 479 g/mol. The fourth-order valence-corrected chi connectivity index (χ4v) is 2.79. The van der Waals surface area contributed by atoms with Crippen molar-refractivity contribution in [3.05, 3.63) is 35.4 Å². The molecule has 1 fully saturated rings. The van der Waals surface area contributed by atoms with Crippen LogP contribution in [0.25, 0.3) is 0 Å². The van der Waals surface area contributed by atoms with E-state index in [1.54, 1.807) is 7.05 Å². The summed E-state index contributed by atoms with van der Waals surface area (Å²) in [5.41, 5.74) is 2.45. The largest absolute Gasteiger partial charge is 0.381 e. The minimum absolute atomic E-state index is 0. The SMILES string of the molecule is CN=C(NCCSC)NCc1ccc(COC2CCOCC2)cc1.I. The van der Waals surface area contributed by atoms with Crippen molar-refractivity contribution in [3.8, 4) is 0 Å². The van der Waals surface area contributed by atoms with Crippen LogP contribution < -0.4 is 10.6 Å². The standard InChI is InChI=1S/C18H29N3O2S.HI/c1-19-18(20-9-12-24-2)21-13-15-3-5-16(6-4-15)14-23-17-7-10-22-11-8-17;/h3-6,17H,7-14H2,1-2H3,(H2,19,20,21);1H. The normalized spacial score (nSPS) is 15.5. The van der Waals surface area contributed by atoms with Gasteiger partial charge >= 0.3 is 0 Å². The molecule has 7 heteroatoms. The third-order valence-electron chi connectivity index (χ3n) is 3.96. The Morgan fingerprint density at radius 1 is 1.20 bits per heavy atom. The Bertz CT molecular complexity index is 494. The van der Waals surface area contributed by atoms with Gasteiger partial charge in [-0.15, -0.1) is 24.0 Å². The first-order chi connectivity index (χ1) is 11.8. The van der Waals surface area contributed by atoms with Crippen molar-refractivity contribution in [1.29, 1.82) is 0 Å². The third-order valence-corrected chi connectivity index (χ3v) is 4.57. The zero-order valence-electron chi connectivity index (χ0n) is 15.1. The zero-order valence-corrected chi connectivity index (χ0v) is 18.3. The second-order valence-electron chi connectivity index (χ2n) is 5.78. The maximum atomic E-state index is 5.95. The summed E-state index contributed by atoms with van der Waals surface area (Å²) < 4.78 is 11.3. The van der Waals surface area contributed by atoms with Crippen LogP contribution in [0.2, 0.25) is 0 Å². The lowest BCUT2D eigenvalue weighted by molar-refractivity contribution is -0.0390. The molecule has 5 nitrogen and oxygen atoms in total. The fourth-order valence-electron chi connectivity index (χ4n) is 2.49. The molecule has 1 heterocycles. The number of thioether (sulfide) groups is 1. The molecular weight excluding hydrogens is 449 g/mol. The molecule has 1 aromatic rings. The van der Waals surface area contributed by atoms with Crippen molar-refractivity contribution in [2.24, 2.45) is 4.99 Å². The highest BCUT2D eigenvalue weighted by Crippen LogP contribution is 2.14. The molecule has 0 aromatic heterocycles. The fraction of sp³-hybridized carbons (Fsp3) is 0.611. The van der Waals surface area contributed by atoms with E-state index in [-0.39, 0.29) is 24.0 Å². The molecule has 1 aromatic carbocycles. The molecule has 1 saturated heterocycles. The summed E-state index contributed by atoms with van der Waals surface area (Å²) in [6.45, 7) is 4.00. The van der Waals surface area contributed by atoms with Crippen LogP contribution in [-0.2, 0) is 22.6 Å². The molecular formula is C18H30IN3O2S. The molecule has 2 N–H and O–H groups in total. The lowest BCUT2D eigenvalue weighted by Gasteiger charge is -2.22. The molecule has 0 atom stereocenters. The van der Waals surface area contributed by atoms with Crippen molar-refractivity contribution in [2.45, 2.75) is 32.1 Å². The van der Waals surface area contributed by atoms with Gasteiger partial charge in [0.15, 0.2) is 5.96 Å². The maximum Gasteiger partial charge on any atom is 0.191 e. The summed E-state index contributed by atoms with van der Waals surface area (Å²) in [6, 6.07) is 8.57. The second-order valence-corrected chi connectivity index (χ2v) is 6.77. The van der Waals surface area contributed by atoms with Crippen molar-refractivity contribution >= 4 is 41.7 Å². The number of hydrogen-bond acceptors (Lipinski definition) is 4. The number of benzene rings is 1. The van der Waals surface area contributed by atoms with Gasteiger partial charge in [0.2, 0.25) is 0 Å². The first kappa shape index (κ1) is 22.5. The van der Waals surface area contributed by atoms with Crippen molar-refractivity contribution < 1.29 is 9.47 Å². The highest BCUT2D eigenvalue weighted by Gasteiger charge is 2.13. The Morgan fingerprint density at radius 3 is 2.52 bits per heavy atom. The number of nitrogens with zero attached hydrogens (tertiary/aromatic N) is 1. The Labute approximate surface area is 172 Å². The Kier molecular flexibility index (Phi) is 12.3. The van der Waals surface area contributed by atoms with Crippen molar-refractivity contribution in [1.82, 2.24) is 10.6 Å². The molecule has 0 radical (unpaired) electrons. The summed E-state index contributed by atoms with van der Waals surface area (Å²) >= 11 is 1.82. The van der Waals surface area contributed by atoms with Gasteiger partial charge in [0, 0.05) is 39.1 Å². The average Bonchev–Trinajstić information content (AvgIpc) is 2.64. The Morgan fingerprint density at radius 2 is 1.88 bits per heavy atom. The highest BCUT2D eigenvalue weighted by atomic mass is 127. The summed E-state index contributed by atoms with van der Waals surface area (Å²) in [5, 5.41) is 6.63. The van der Waals surface area contributed by atoms with Gasteiger partial charge in [-0.25, -0.2) is 0 Å². The number of halogens is 1. The van der Waals surface area contributed by atoms with Gasteiger partial charge in [-0.2, -0.15) is 11.8 Å². The van der Waals surface area contributed by atoms with E-state index in [9.17, 15) is 0 Å². The van der Waals surface area contributed by atoms with E-state index < -0.39 is 0 Å².